The number of terminal acetylenes is 1. The molecule has 1 aliphatic heterocycles. The van der Waals surface area contributed by atoms with E-state index in [0.717, 1.165) is 62.9 Å². The standard InChI is InChI=1S/C25H27N7O/c1-2-17-6-5-7-20(14-17)29-23-22-21(27-16-28-23)15-26-25(31-22)30-19-10-8-18(9-11-19)24(33)32-12-3-4-13-32/h1,5-7,14-16,18-19H,3-4,8-13H2,(H,26,30,31)(H,27,28,29)/t18-,19-. The zero-order chi connectivity index (χ0) is 22.6. The van der Waals surface area contributed by atoms with Gasteiger partial charge in [0.1, 0.15) is 17.4 Å². The number of likely N-dealkylation sites (tertiary alicyclic amines) is 1. The van der Waals surface area contributed by atoms with Gasteiger partial charge < -0.3 is 15.5 Å². The van der Waals surface area contributed by atoms with Gasteiger partial charge in [0.05, 0.1) is 6.20 Å². The number of benzene rings is 1. The molecule has 3 heterocycles. The maximum atomic E-state index is 12.7. The fourth-order valence-corrected chi connectivity index (χ4v) is 4.70. The first-order chi connectivity index (χ1) is 16.2. The van der Waals surface area contributed by atoms with Crippen LogP contribution in [0.15, 0.2) is 36.8 Å². The predicted molar refractivity (Wildman–Crippen MR) is 128 cm³/mol. The number of carbonyl (C=O) groups excluding carboxylic acids is 1. The molecule has 1 amide bonds. The van der Waals surface area contributed by atoms with Crippen molar-refractivity contribution in [2.45, 2.75) is 44.6 Å². The van der Waals surface area contributed by atoms with Crippen molar-refractivity contribution >= 4 is 34.4 Å². The minimum Gasteiger partial charge on any atom is -0.351 e. The quantitative estimate of drug-likeness (QED) is 0.582. The molecule has 2 aliphatic rings. The molecule has 8 heteroatoms. The summed E-state index contributed by atoms with van der Waals surface area (Å²) in [6.45, 7) is 1.85. The third kappa shape index (κ3) is 4.72. The van der Waals surface area contributed by atoms with Crippen LogP contribution in [-0.2, 0) is 4.79 Å². The number of hydrogen-bond acceptors (Lipinski definition) is 7. The molecule has 0 atom stereocenters. The molecule has 0 radical (unpaired) electrons. The Hall–Kier alpha value is -3.73. The SMILES string of the molecule is C#Cc1cccc(Nc2ncnc3cnc(N[C@H]4CC[C@H](C(=O)N5CCCC5)CC4)nc23)c1. The molecule has 2 fully saturated rings. The Morgan fingerprint density at radius 1 is 1.09 bits per heavy atom. The summed E-state index contributed by atoms with van der Waals surface area (Å²) in [6.07, 6.45) is 14.7. The molecule has 1 saturated heterocycles. The lowest BCUT2D eigenvalue weighted by atomic mass is 9.85. The summed E-state index contributed by atoms with van der Waals surface area (Å²) in [5.41, 5.74) is 2.92. The molecular formula is C25H27N7O. The minimum atomic E-state index is 0.154. The maximum absolute atomic E-state index is 12.7. The van der Waals surface area contributed by atoms with E-state index in [9.17, 15) is 4.79 Å². The second-order valence-electron chi connectivity index (χ2n) is 8.73. The van der Waals surface area contributed by atoms with E-state index in [0.29, 0.717) is 28.7 Å². The molecule has 3 aromatic rings. The molecule has 2 aromatic heterocycles. The van der Waals surface area contributed by atoms with Crippen molar-refractivity contribution in [3.05, 3.63) is 42.4 Å². The first kappa shape index (κ1) is 21.1. The van der Waals surface area contributed by atoms with Gasteiger partial charge in [-0.1, -0.05) is 12.0 Å². The van der Waals surface area contributed by atoms with E-state index in [1.165, 1.54) is 6.33 Å². The van der Waals surface area contributed by atoms with Crippen LogP contribution in [0, 0.1) is 18.3 Å². The van der Waals surface area contributed by atoms with Gasteiger partial charge in [-0.2, -0.15) is 0 Å². The second-order valence-corrected chi connectivity index (χ2v) is 8.73. The number of carbonyl (C=O) groups is 1. The molecule has 8 nitrogen and oxygen atoms in total. The predicted octanol–water partition coefficient (Wildman–Crippen LogP) is 3.74. The molecule has 5 rings (SSSR count). The fraction of sp³-hybridized carbons (Fsp3) is 0.400. The summed E-state index contributed by atoms with van der Waals surface area (Å²) < 4.78 is 0. The van der Waals surface area contributed by atoms with Gasteiger partial charge in [0.15, 0.2) is 5.82 Å². The van der Waals surface area contributed by atoms with Crippen molar-refractivity contribution in [2.24, 2.45) is 5.92 Å². The van der Waals surface area contributed by atoms with Gasteiger partial charge in [-0.15, -0.1) is 6.42 Å². The zero-order valence-electron chi connectivity index (χ0n) is 18.5. The van der Waals surface area contributed by atoms with Gasteiger partial charge >= 0.3 is 0 Å². The van der Waals surface area contributed by atoms with E-state index >= 15 is 0 Å². The average molecular weight is 442 g/mol. The van der Waals surface area contributed by atoms with E-state index in [1.807, 2.05) is 29.2 Å². The van der Waals surface area contributed by atoms with Crippen LogP contribution in [0.2, 0.25) is 0 Å². The Morgan fingerprint density at radius 3 is 2.70 bits per heavy atom. The van der Waals surface area contributed by atoms with Crippen LogP contribution < -0.4 is 10.6 Å². The third-order valence-corrected chi connectivity index (χ3v) is 6.50. The van der Waals surface area contributed by atoms with E-state index in [-0.39, 0.29) is 12.0 Å². The molecule has 0 unspecified atom stereocenters. The van der Waals surface area contributed by atoms with Crippen molar-refractivity contribution in [1.82, 2.24) is 24.8 Å². The maximum Gasteiger partial charge on any atom is 0.225 e. The number of fused-ring (bicyclic) bond motifs is 1. The number of hydrogen-bond donors (Lipinski definition) is 2. The molecular weight excluding hydrogens is 414 g/mol. The summed E-state index contributed by atoms with van der Waals surface area (Å²) in [4.78, 5) is 32.6. The Morgan fingerprint density at radius 2 is 1.91 bits per heavy atom. The number of nitrogens with one attached hydrogen (secondary N) is 2. The van der Waals surface area contributed by atoms with E-state index < -0.39 is 0 Å². The number of rotatable bonds is 5. The topological polar surface area (TPSA) is 95.9 Å². The van der Waals surface area contributed by atoms with Crippen LogP contribution in [0.1, 0.15) is 44.1 Å². The van der Waals surface area contributed by atoms with Gasteiger partial charge in [-0.05, 0) is 56.7 Å². The molecule has 168 valence electrons. The van der Waals surface area contributed by atoms with Crippen LogP contribution in [0.25, 0.3) is 11.0 Å². The summed E-state index contributed by atoms with van der Waals surface area (Å²) in [6, 6.07) is 7.83. The summed E-state index contributed by atoms with van der Waals surface area (Å²) in [5, 5.41) is 6.74. The van der Waals surface area contributed by atoms with Crippen LogP contribution in [0.5, 0.6) is 0 Å². The van der Waals surface area contributed by atoms with Crippen LogP contribution in [0.3, 0.4) is 0 Å². The Balaban J connectivity index is 1.27. The van der Waals surface area contributed by atoms with E-state index in [2.05, 4.69) is 31.5 Å². The minimum absolute atomic E-state index is 0.154. The van der Waals surface area contributed by atoms with Gasteiger partial charge in [-0.25, -0.2) is 19.9 Å². The summed E-state index contributed by atoms with van der Waals surface area (Å²) >= 11 is 0. The Bertz CT molecular complexity index is 1190. The number of amides is 1. The van der Waals surface area contributed by atoms with Crippen molar-refractivity contribution in [3.63, 3.8) is 0 Å². The molecule has 0 bridgehead atoms. The van der Waals surface area contributed by atoms with Crippen molar-refractivity contribution in [3.8, 4) is 12.3 Å². The highest BCUT2D eigenvalue weighted by Gasteiger charge is 2.30. The molecule has 2 N–H and O–H groups in total. The molecule has 1 aromatic carbocycles. The highest BCUT2D eigenvalue weighted by atomic mass is 16.2. The van der Waals surface area contributed by atoms with Crippen molar-refractivity contribution < 1.29 is 4.79 Å². The first-order valence-corrected chi connectivity index (χ1v) is 11.6. The highest BCUT2D eigenvalue weighted by Crippen LogP contribution is 2.29. The lowest BCUT2D eigenvalue weighted by Crippen LogP contribution is -2.37. The van der Waals surface area contributed by atoms with Crippen LogP contribution in [0.4, 0.5) is 17.5 Å². The molecule has 0 spiro atoms. The zero-order valence-corrected chi connectivity index (χ0v) is 18.5. The lowest BCUT2D eigenvalue weighted by Gasteiger charge is -2.30. The van der Waals surface area contributed by atoms with Gasteiger partial charge in [0.25, 0.3) is 0 Å². The van der Waals surface area contributed by atoms with Crippen molar-refractivity contribution in [2.75, 3.05) is 23.7 Å². The fourth-order valence-electron chi connectivity index (χ4n) is 4.70. The number of aromatic nitrogens is 4. The Labute approximate surface area is 193 Å². The van der Waals surface area contributed by atoms with Crippen LogP contribution >= 0.6 is 0 Å². The highest BCUT2D eigenvalue weighted by molar-refractivity contribution is 5.87. The molecule has 1 aliphatic carbocycles. The number of nitrogens with zero attached hydrogens (tertiary/aromatic N) is 5. The Kier molecular flexibility index (Phi) is 6.03. The normalized spacial score (nSPS) is 20.4. The monoisotopic (exact) mass is 441 g/mol. The second kappa shape index (κ2) is 9.41. The third-order valence-electron chi connectivity index (χ3n) is 6.50. The first-order valence-electron chi connectivity index (χ1n) is 11.6. The smallest absolute Gasteiger partial charge is 0.225 e. The number of anilines is 3. The summed E-state index contributed by atoms with van der Waals surface area (Å²) in [7, 11) is 0. The van der Waals surface area contributed by atoms with Crippen molar-refractivity contribution in [1.29, 1.82) is 0 Å². The summed E-state index contributed by atoms with van der Waals surface area (Å²) in [5.74, 6) is 4.28. The van der Waals surface area contributed by atoms with E-state index in [1.54, 1.807) is 6.20 Å². The largest absolute Gasteiger partial charge is 0.351 e. The van der Waals surface area contributed by atoms with Gasteiger partial charge in [-0.3, -0.25) is 4.79 Å². The lowest BCUT2D eigenvalue weighted by molar-refractivity contribution is -0.135. The van der Waals surface area contributed by atoms with Gasteiger partial charge in [0, 0.05) is 36.3 Å². The van der Waals surface area contributed by atoms with Gasteiger partial charge in [0.2, 0.25) is 11.9 Å². The molecule has 1 saturated carbocycles. The van der Waals surface area contributed by atoms with E-state index in [4.69, 9.17) is 11.4 Å². The van der Waals surface area contributed by atoms with Crippen LogP contribution in [-0.4, -0.2) is 49.9 Å². The molecule has 33 heavy (non-hydrogen) atoms. The average Bonchev–Trinajstić information content (AvgIpc) is 3.40.